The molecular weight excluding hydrogens is 204 g/mol. The van der Waals surface area contributed by atoms with E-state index in [0.29, 0.717) is 11.7 Å². The highest BCUT2D eigenvalue weighted by Gasteiger charge is 2.08. The van der Waals surface area contributed by atoms with Gasteiger partial charge in [-0.3, -0.25) is 4.79 Å². The Hall–Kier alpha value is -0.760. The van der Waals surface area contributed by atoms with Gasteiger partial charge in [0.15, 0.2) is 5.78 Å². The van der Waals surface area contributed by atoms with Gasteiger partial charge in [0.25, 0.3) is 0 Å². The fraction of sp³-hybridized carbons (Fsp3) is 0.462. The molecule has 1 aromatic rings. The lowest BCUT2D eigenvalue weighted by Crippen LogP contribution is -2.06. The van der Waals surface area contributed by atoms with Crippen molar-refractivity contribution in [3.05, 3.63) is 35.4 Å². The molecule has 15 heavy (non-hydrogen) atoms. The van der Waals surface area contributed by atoms with Crippen molar-refractivity contribution in [2.75, 3.05) is 11.5 Å². The molecule has 0 aromatic heterocycles. The van der Waals surface area contributed by atoms with Crippen LogP contribution < -0.4 is 0 Å². The standard InChI is InChI=1S/C13H18OS/c1-10(2)8-15-9-13(14)12-7-5-4-6-11(12)3/h4-7,10H,8-9H2,1-3H3. The van der Waals surface area contributed by atoms with Crippen molar-refractivity contribution < 1.29 is 4.79 Å². The van der Waals surface area contributed by atoms with E-state index in [1.807, 2.05) is 31.2 Å². The lowest BCUT2D eigenvalue weighted by Gasteiger charge is -2.05. The maximum Gasteiger partial charge on any atom is 0.172 e. The van der Waals surface area contributed by atoms with E-state index in [0.717, 1.165) is 16.9 Å². The summed E-state index contributed by atoms with van der Waals surface area (Å²) >= 11 is 1.72. The van der Waals surface area contributed by atoms with Crippen molar-refractivity contribution in [2.24, 2.45) is 5.92 Å². The van der Waals surface area contributed by atoms with Crippen LogP contribution >= 0.6 is 11.8 Å². The number of carbonyl (C=O) groups excluding carboxylic acids is 1. The first-order chi connectivity index (χ1) is 7.11. The van der Waals surface area contributed by atoms with Crippen LogP contribution in [0.1, 0.15) is 29.8 Å². The number of thioether (sulfide) groups is 1. The maximum absolute atomic E-state index is 11.8. The first kappa shape index (κ1) is 12.3. The molecule has 0 N–H and O–H groups in total. The Morgan fingerprint density at radius 1 is 1.33 bits per heavy atom. The summed E-state index contributed by atoms with van der Waals surface area (Å²) in [6.45, 7) is 6.33. The quantitative estimate of drug-likeness (QED) is 0.708. The summed E-state index contributed by atoms with van der Waals surface area (Å²) in [6.07, 6.45) is 0. The number of hydrogen-bond donors (Lipinski definition) is 0. The summed E-state index contributed by atoms with van der Waals surface area (Å²) in [6, 6.07) is 7.79. The Morgan fingerprint density at radius 3 is 2.60 bits per heavy atom. The zero-order valence-electron chi connectivity index (χ0n) is 9.62. The van der Waals surface area contributed by atoms with E-state index in [2.05, 4.69) is 13.8 Å². The molecule has 82 valence electrons. The highest BCUT2D eigenvalue weighted by Crippen LogP contribution is 2.13. The van der Waals surface area contributed by atoms with E-state index >= 15 is 0 Å². The Labute approximate surface area is 96.3 Å². The van der Waals surface area contributed by atoms with Crippen molar-refractivity contribution in [3.8, 4) is 0 Å². The van der Waals surface area contributed by atoms with Crippen LogP contribution in [0, 0.1) is 12.8 Å². The molecule has 0 aliphatic heterocycles. The van der Waals surface area contributed by atoms with Crippen molar-refractivity contribution in [2.45, 2.75) is 20.8 Å². The van der Waals surface area contributed by atoms with Crippen LogP contribution in [-0.2, 0) is 0 Å². The smallest absolute Gasteiger partial charge is 0.172 e. The number of ketones is 1. The fourth-order valence-electron chi connectivity index (χ4n) is 1.35. The average molecular weight is 222 g/mol. The molecule has 0 spiro atoms. The van der Waals surface area contributed by atoms with Gasteiger partial charge in [0.05, 0.1) is 5.75 Å². The third-order valence-corrected chi connectivity index (χ3v) is 3.50. The molecule has 0 bridgehead atoms. The molecule has 0 saturated heterocycles. The highest BCUT2D eigenvalue weighted by atomic mass is 32.2. The van der Waals surface area contributed by atoms with Gasteiger partial charge in [0.2, 0.25) is 0 Å². The molecule has 0 heterocycles. The van der Waals surface area contributed by atoms with Gasteiger partial charge in [-0.1, -0.05) is 38.1 Å². The van der Waals surface area contributed by atoms with E-state index in [1.165, 1.54) is 0 Å². The zero-order valence-corrected chi connectivity index (χ0v) is 10.4. The summed E-state index contributed by atoms with van der Waals surface area (Å²) in [7, 11) is 0. The fourth-order valence-corrected chi connectivity index (χ4v) is 2.28. The van der Waals surface area contributed by atoms with Gasteiger partial charge in [-0.2, -0.15) is 11.8 Å². The van der Waals surface area contributed by atoms with Gasteiger partial charge in [0, 0.05) is 5.56 Å². The van der Waals surface area contributed by atoms with Crippen LogP contribution in [0.4, 0.5) is 0 Å². The minimum absolute atomic E-state index is 0.249. The molecule has 2 heteroatoms. The topological polar surface area (TPSA) is 17.1 Å². The third-order valence-electron chi connectivity index (χ3n) is 2.13. The summed E-state index contributed by atoms with van der Waals surface area (Å²) in [5.74, 6) is 2.55. The Balaban J connectivity index is 2.51. The normalized spacial score (nSPS) is 10.7. The van der Waals surface area contributed by atoms with Gasteiger partial charge < -0.3 is 0 Å². The number of hydrogen-bond acceptors (Lipinski definition) is 2. The molecular formula is C13H18OS. The lowest BCUT2D eigenvalue weighted by atomic mass is 10.1. The van der Waals surface area contributed by atoms with E-state index < -0.39 is 0 Å². The Kier molecular flexibility index (Phi) is 4.89. The van der Waals surface area contributed by atoms with E-state index in [9.17, 15) is 4.79 Å². The average Bonchev–Trinajstić information content (AvgIpc) is 2.17. The van der Waals surface area contributed by atoms with Crippen LogP contribution in [0.3, 0.4) is 0 Å². The first-order valence-electron chi connectivity index (χ1n) is 5.28. The van der Waals surface area contributed by atoms with Crippen LogP contribution in [0.15, 0.2) is 24.3 Å². The molecule has 0 unspecified atom stereocenters. The first-order valence-corrected chi connectivity index (χ1v) is 6.43. The summed E-state index contributed by atoms with van der Waals surface area (Å²) in [5.41, 5.74) is 1.95. The number of benzene rings is 1. The van der Waals surface area contributed by atoms with Crippen molar-refractivity contribution in [1.82, 2.24) is 0 Å². The predicted octanol–water partition coefficient (Wildman–Crippen LogP) is 3.57. The van der Waals surface area contributed by atoms with Crippen LogP contribution in [0.2, 0.25) is 0 Å². The second-order valence-electron chi connectivity index (χ2n) is 4.15. The molecule has 0 radical (unpaired) electrons. The third kappa shape index (κ3) is 4.08. The largest absolute Gasteiger partial charge is 0.293 e. The van der Waals surface area contributed by atoms with Gasteiger partial charge >= 0.3 is 0 Å². The second-order valence-corrected chi connectivity index (χ2v) is 5.18. The summed E-state index contributed by atoms with van der Waals surface area (Å²) < 4.78 is 0. The number of carbonyl (C=O) groups is 1. The number of rotatable bonds is 5. The Bertz CT molecular complexity index is 331. The van der Waals surface area contributed by atoms with Gasteiger partial charge in [0.1, 0.15) is 0 Å². The van der Waals surface area contributed by atoms with Crippen molar-refractivity contribution in [3.63, 3.8) is 0 Å². The predicted molar refractivity (Wildman–Crippen MR) is 67.7 cm³/mol. The molecule has 0 fully saturated rings. The number of Topliss-reactive ketones (excluding diaryl/α,β-unsaturated/α-hetero) is 1. The highest BCUT2D eigenvalue weighted by molar-refractivity contribution is 7.99. The lowest BCUT2D eigenvalue weighted by molar-refractivity contribution is 0.102. The maximum atomic E-state index is 11.8. The Morgan fingerprint density at radius 2 is 2.00 bits per heavy atom. The van der Waals surface area contributed by atoms with Crippen molar-refractivity contribution >= 4 is 17.5 Å². The van der Waals surface area contributed by atoms with Crippen molar-refractivity contribution in [1.29, 1.82) is 0 Å². The summed E-state index contributed by atoms with van der Waals surface area (Å²) in [5, 5.41) is 0. The van der Waals surface area contributed by atoms with Gasteiger partial charge in [-0.05, 0) is 24.2 Å². The van der Waals surface area contributed by atoms with Crippen LogP contribution in [0.5, 0.6) is 0 Å². The molecule has 1 aromatic carbocycles. The molecule has 0 atom stereocenters. The summed E-state index contributed by atoms with van der Waals surface area (Å²) in [4.78, 5) is 11.8. The minimum atomic E-state index is 0.249. The molecule has 1 nitrogen and oxygen atoms in total. The van der Waals surface area contributed by atoms with E-state index in [1.54, 1.807) is 11.8 Å². The zero-order chi connectivity index (χ0) is 11.3. The SMILES string of the molecule is Cc1ccccc1C(=O)CSCC(C)C. The van der Waals surface area contributed by atoms with Crippen LogP contribution in [-0.4, -0.2) is 17.3 Å². The minimum Gasteiger partial charge on any atom is -0.293 e. The molecule has 0 amide bonds. The van der Waals surface area contributed by atoms with Gasteiger partial charge in [-0.15, -0.1) is 0 Å². The molecule has 0 saturated carbocycles. The van der Waals surface area contributed by atoms with E-state index in [-0.39, 0.29) is 5.78 Å². The van der Waals surface area contributed by atoms with Gasteiger partial charge in [-0.25, -0.2) is 0 Å². The van der Waals surface area contributed by atoms with Crippen LogP contribution in [0.25, 0.3) is 0 Å². The second kappa shape index (κ2) is 5.96. The van der Waals surface area contributed by atoms with E-state index in [4.69, 9.17) is 0 Å². The molecule has 0 aliphatic carbocycles. The molecule has 0 aliphatic rings. The molecule has 1 rings (SSSR count). The number of aryl methyl sites for hydroxylation is 1. The monoisotopic (exact) mass is 222 g/mol.